The largest absolute Gasteiger partial charge is 0.286 e. The van der Waals surface area contributed by atoms with Crippen LogP contribution in [-0.4, -0.2) is 40.2 Å². The van der Waals surface area contributed by atoms with Gasteiger partial charge in [0.15, 0.2) is 4.60 Å². The highest BCUT2D eigenvalue weighted by molar-refractivity contribution is 9.10. The molecule has 20 heavy (non-hydrogen) atoms. The normalized spacial score (nSPS) is 20.8. The molecular formula is C11H17BrN4O3S. The SMILES string of the molecule is Cn1nnc(Br)c1S(=O)(=O)N1CC(C(C)(C)C)CC1=O. The Morgan fingerprint density at radius 2 is 1.95 bits per heavy atom. The van der Waals surface area contributed by atoms with E-state index in [0.29, 0.717) is 0 Å². The second kappa shape index (κ2) is 4.80. The van der Waals surface area contributed by atoms with Gasteiger partial charge in [-0.15, -0.1) is 5.10 Å². The molecule has 1 fully saturated rings. The predicted octanol–water partition coefficient (Wildman–Crippen LogP) is 1.16. The molecule has 0 aliphatic carbocycles. The van der Waals surface area contributed by atoms with Gasteiger partial charge in [-0.2, -0.15) is 8.42 Å². The van der Waals surface area contributed by atoms with E-state index in [1.807, 2.05) is 20.8 Å². The Kier molecular flexibility index (Phi) is 3.70. The Morgan fingerprint density at radius 1 is 1.35 bits per heavy atom. The molecule has 0 bridgehead atoms. The minimum Gasteiger partial charge on any atom is -0.274 e. The van der Waals surface area contributed by atoms with Gasteiger partial charge in [-0.25, -0.2) is 8.99 Å². The third kappa shape index (κ3) is 2.48. The van der Waals surface area contributed by atoms with Crippen molar-refractivity contribution in [3.8, 4) is 0 Å². The highest BCUT2D eigenvalue weighted by Crippen LogP contribution is 2.37. The standard InChI is InChI=1S/C11H17BrN4O3S/c1-11(2,3)7-5-8(17)16(6-7)20(18,19)10-9(12)13-14-15(10)4/h7H,5-6H2,1-4H3. The van der Waals surface area contributed by atoms with Gasteiger partial charge in [-0.05, 0) is 27.3 Å². The van der Waals surface area contributed by atoms with Crippen molar-refractivity contribution in [2.24, 2.45) is 18.4 Å². The number of nitrogens with zero attached hydrogens (tertiary/aromatic N) is 4. The molecule has 1 saturated heterocycles. The molecule has 0 aromatic carbocycles. The van der Waals surface area contributed by atoms with Gasteiger partial charge >= 0.3 is 0 Å². The van der Waals surface area contributed by atoms with Crippen molar-refractivity contribution in [1.29, 1.82) is 0 Å². The molecule has 0 radical (unpaired) electrons. The van der Waals surface area contributed by atoms with E-state index in [4.69, 9.17) is 0 Å². The fourth-order valence-corrected chi connectivity index (χ4v) is 4.69. The number of carbonyl (C=O) groups excluding carboxylic acids is 1. The van der Waals surface area contributed by atoms with E-state index in [9.17, 15) is 13.2 Å². The summed E-state index contributed by atoms with van der Waals surface area (Å²) in [6.45, 7) is 6.20. The molecule has 1 aliphatic heterocycles. The van der Waals surface area contributed by atoms with Gasteiger partial charge in [0.2, 0.25) is 10.9 Å². The molecule has 0 spiro atoms. The Bertz CT molecular complexity index is 628. The number of hydrogen-bond donors (Lipinski definition) is 0. The van der Waals surface area contributed by atoms with Crippen LogP contribution in [0.4, 0.5) is 0 Å². The van der Waals surface area contributed by atoms with E-state index in [0.717, 1.165) is 8.99 Å². The Morgan fingerprint density at radius 3 is 2.35 bits per heavy atom. The number of amides is 1. The van der Waals surface area contributed by atoms with Crippen LogP contribution < -0.4 is 0 Å². The number of rotatable bonds is 2. The summed E-state index contributed by atoms with van der Waals surface area (Å²) in [7, 11) is -2.45. The molecule has 0 N–H and O–H groups in total. The molecule has 1 unspecified atom stereocenters. The molecule has 7 nitrogen and oxygen atoms in total. The summed E-state index contributed by atoms with van der Waals surface area (Å²) in [4.78, 5) is 12.1. The summed E-state index contributed by atoms with van der Waals surface area (Å²) in [6.07, 6.45) is 0.242. The van der Waals surface area contributed by atoms with Crippen LogP contribution in [0.25, 0.3) is 0 Å². The van der Waals surface area contributed by atoms with E-state index in [1.54, 1.807) is 0 Å². The first kappa shape index (κ1) is 15.4. The zero-order chi connectivity index (χ0) is 15.3. The van der Waals surface area contributed by atoms with Gasteiger partial charge in [0.1, 0.15) is 0 Å². The number of aromatic nitrogens is 3. The molecule has 0 saturated carbocycles. The first-order chi connectivity index (χ1) is 9.05. The van der Waals surface area contributed by atoms with Crippen molar-refractivity contribution in [3.63, 3.8) is 0 Å². The third-order valence-corrected chi connectivity index (χ3v) is 6.26. The van der Waals surface area contributed by atoms with Crippen LogP contribution in [0.5, 0.6) is 0 Å². The summed E-state index contributed by atoms with van der Waals surface area (Å²) in [5.41, 5.74) is -0.123. The zero-order valence-electron chi connectivity index (χ0n) is 11.8. The van der Waals surface area contributed by atoms with Gasteiger partial charge in [0, 0.05) is 20.0 Å². The van der Waals surface area contributed by atoms with Crippen LogP contribution >= 0.6 is 15.9 Å². The van der Waals surface area contributed by atoms with Crippen molar-refractivity contribution in [1.82, 2.24) is 19.3 Å². The minimum atomic E-state index is -3.92. The van der Waals surface area contributed by atoms with E-state index in [1.165, 1.54) is 7.05 Å². The fraction of sp³-hybridized carbons (Fsp3) is 0.727. The number of carbonyl (C=O) groups is 1. The minimum absolute atomic E-state index is 0.00439. The van der Waals surface area contributed by atoms with E-state index in [2.05, 4.69) is 26.2 Å². The highest BCUT2D eigenvalue weighted by atomic mass is 79.9. The van der Waals surface area contributed by atoms with E-state index in [-0.39, 0.29) is 39.8 Å². The topological polar surface area (TPSA) is 85.2 Å². The van der Waals surface area contributed by atoms with Crippen molar-refractivity contribution >= 4 is 31.9 Å². The van der Waals surface area contributed by atoms with Crippen LogP contribution in [-0.2, 0) is 21.9 Å². The van der Waals surface area contributed by atoms with Gasteiger partial charge in [-0.3, -0.25) is 4.79 Å². The van der Waals surface area contributed by atoms with E-state index >= 15 is 0 Å². The van der Waals surface area contributed by atoms with Crippen LogP contribution in [0.3, 0.4) is 0 Å². The fourth-order valence-electron chi connectivity index (χ4n) is 2.19. The van der Waals surface area contributed by atoms with Gasteiger partial charge in [0.05, 0.1) is 0 Å². The summed E-state index contributed by atoms with van der Waals surface area (Å²) < 4.78 is 27.4. The summed E-state index contributed by atoms with van der Waals surface area (Å²) in [5, 5.41) is 7.21. The smallest absolute Gasteiger partial charge is 0.274 e. The maximum absolute atomic E-state index is 12.6. The van der Waals surface area contributed by atoms with Crippen LogP contribution in [0.15, 0.2) is 9.63 Å². The van der Waals surface area contributed by atoms with Crippen molar-refractivity contribution in [2.45, 2.75) is 32.2 Å². The maximum Gasteiger partial charge on any atom is 0.286 e. The molecule has 1 atom stereocenters. The number of halogens is 1. The molecule has 9 heteroatoms. The second-order valence-corrected chi connectivity index (χ2v) is 8.53. The lowest BCUT2D eigenvalue weighted by Gasteiger charge is -2.26. The molecule has 1 aromatic heterocycles. The first-order valence-electron chi connectivity index (χ1n) is 6.16. The molecule has 1 aromatic rings. The van der Waals surface area contributed by atoms with Crippen LogP contribution in [0.2, 0.25) is 0 Å². The van der Waals surface area contributed by atoms with Gasteiger partial charge in [0.25, 0.3) is 10.0 Å². The number of hydrogen-bond acceptors (Lipinski definition) is 5. The Hall–Kier alpha value is -0.960. The monoisotopic (exact) mass is 364 g/mol. The lowest BCUT2D eigenvalue weighted by Crippen LogP contribution is -2.35. The summed E-state index contributed by atoms with van der Waals surface area (Å²) >= 11 is 3.06. The van der Waals surface area contributed by atoms with Crippen LogP contribution in [0, 0.1) is 11.3 Å². The second-order valence-electron chi connectivity index (χ2n) is 6.01. The predicted molar refractivity (Wildman–Crippen MR) is 75.2 cm³/mol. The van der Waals surface area contributed by atoms with Gasteiger partial charge in [-0.1, -0.05) is 26.0 Å². The Balaban J connectivity index is 2.40. The average molecular weight is 365 g/mol. The summed E-state index contributed by atoms with van der Waals surface area (Å²) in [5.74, 6) is -0.372. The quantitative estimate of drug-likeness (QED) is 0.785. The molecule has 1 aliphatic rings. The first-order valence-corrected chi connectivity index (χ1v) is 8.39. The number of aryl methyl sites for hydroxylation is 1. The molecule has 2 heterocycles. The lowest BCUT2D eigenvalue weighted by molar-refractivity contribution is -0.123. The molecule has 1 amide bonds. The molecular weight excluding hydrogens is 348 g/mol. The van der Waals surface area contributed by atoms with Crippen molar-refractivity contribution in [2.75, 3.05) is 6.54 Å². The maximum atomic E-state index is 12.6. The zero-order valence-corrected chi connectivity index (χ0v) is 14.2. The van der Waals surface area contributed by atoms with Crippen molar-refractivity contribution < 1.29 is 13.2 Å². The van der Waals surface area contributed by atoms with Crippen LogP contribution in [0.1, 0.15) is 27.2 Å². The van der Waals surface area contributed by atoms with Crippen molar-refractivity contribution in [3.05, 3.63) is 4.60 Å². The third-order valence-electron chi connectivity index (χ3n) is 3.58. The summed E-state index contributed by atoms with van der Waals surface area (Å²) in [6, 6.07) is 0. The average Bonchev–Trinajstić information content (AvgIpc) is 2.82. The molecule has 112 valence electrons. The van der Waals surface area contributed by atoms with Gasteiger partial charge < -0.3 is 0 Å². The molecule has 2 rings (SSSR count). The Labute approximate surface area is 126 Å². The highest BCUT2D eigenvalue weighted by Gasteiger charge is 2.44. The van der Waals surface area contributed by atoms with E-state index < -0.39 is 10.0 Å². The number of sulfonamides is 1. The lowest BCUT2D eigenvalue weighted by atomic mass is 9.80.